The summed E-state index contributed by atoms with van der Waals surface area (Å²) in [6.07, 6.45) is 0. The van der Waals surface area contributed by atoms with Crippen LogP contribution in [-0.4, -0.2) is 13.9 Å². The van der Waals surface area contributed by atoms with Crippen molar-refractivity contribution in [2.45, 2.75) is 46.0 Å². The lowest BCUT2D eigenvalue weighted by Crippen LogP contribution is -2.12. The summed E-state index contributed by atoms with van der Waals surface area (Å²) in [5.74, 6) is 1.37. The van der Waals surface area contributed by atoms with Crippen molar-refractivity contribution in [1.29, 1.82) is 0 Å². The molecule has 0 saturated carbocycles. The Morgan fingerprint density at radius 1 is 1.18 bits per heavy atom. The second-order valence-electron chi connectivity index (χ2n) is 5.71. The molecule has 0 aromatic heterocycles. The van der Waals surface area contributed by atoms with Gasteiger partial charge in [0.1, 0.15) is 5.75 Å². The van der Waals surface area contributed by atoms with Gasteiger partial charge in [0, 0.05) is 7.11 Å². The van der Waals surface area contributed by atoms with Crippen molar-refractivity contribution < 1.29 is 9.47 Å². The van der Waals surface area contributed by atoms with E-state index in [-0.39, 0.29) is 5.41 Å². The molecule has 0 atom stereocenters. The highest BCUT2D eigenvalue weighted by atomic mass is 16.7. The third kappa shape index (κ3) is 3.74. The zero-order chi connectivity index (χ0) is 13.1. The van der Waals surface area contributed by atoms with Gasteiger partial charge in [-0.2, -0.15) is 0 Å². The summed E-state index contributed by atoms with van der Waals surface area (Å²) in [5, 5.41) is 0. The van der Waals surface area contributed by atoms with Crippen LogP contribution < -0.4 is 4.74 Å². The quantitative estimate of drug-likeness (QED) is 0.733. The summed E-state index contributed by atoms with van der Waals surface area (Å²) >= 11 is 0. The molecular formula is C15H24O2. The van der Waals surface area contributed by atoms with Crippen molar-refractivity contribution >= 4 is 0 Å². The SMILES string of the molecule is COCOc1ccc(C(C)(C)C)cc1C(C)C. The zero-order valence-corrected chi connectivity index (χ0v) is 11.8. The first-order valence-corrected chi connectivity index (χ1v) is 6.12. The monoisotopic (exact) mass is 236 g/mol. The van der Waals surface area contributed by atoms with Crippen LogP contribution in [0.5, 0.6) is 5.75 Å². The normalized spacial score (nSPS) is 11.9. The first kappa shape index (κ1) is 14.0. The van der Waals surface area contributed by atoms with Gasteiger partial charge >= 0.3 is 0 Å². The van der Waals surface area contributed by atoms with E-state index in [0.29, 0.717) is 12.7 Å². The van der Waals surface area contributed by atoms with E-state index in [0.717, 1.165) is 5.75 Å². The standard InChI is InChI=1S/C15H24O2/c1-11(2)13-9-12(15(3,4)5)7-8-14(13)17-10-16-6/h7-9,11H,10H2,1-6H3. The highest BCUT2D eigenvalue weighted by Crippen LogP contribution is 2.32. The van der Waals surface area contributed by atoms with Crippen LogP contribution in [-0.2, 0) is 10.2 Å². The third-order valence-corrected chi connectivity index (χ3v) is 2.83. The van der Waals surface area contributed by atoms with Gasteiger partial charge in [-0.3, -0.25) is 0 Å². The van der Waals surface area contributed by atoms with Crippen molar-refractivity contribution in [1.82, 2.24) is 0 Å². The molecule has 0 heterocycles. The molecule has 2 nitrogen and oxygen atoms in total. The Bertz CT molecular complexity index is 362. The Kier molecular flexibility index (Phi) is 4.58. The lowest BCUT2D eigenvalue weighted by atomic mass is 9.84. The van der Waals surface area contributed by atoms with E-state index in [1.54, 1.807) is 7.11 Å². The minimum atomic E-state index is 0.170. The van der Waals surface area contributed by atoms with Crippen LogP contribution in [0, 0.1) is 0 Å². The molecule has 0 N–H and O–H groups in total. The van der Waals surface area contributed by atoms with Gasteiger partial charge in [-0.25, -0.2) is 0 Å². The number of ether oxygens (including phenoxy) is 2. The molecule has 96 valence electrons. The zero-order valence-electron chi connectivity index (χ0n) is 11.8. The van der Waals surface area contributed by atoms with Crippen LogP contribution in [0.3, 0.4) is 0 Å². The number of hydrogen-bond donors (Lipinski definition) is 0. The first-order valence-electron chi connectivity index (χ1n) is 6.12. The maximum Gasteiger partial charge on any atom is 0.188 e. The molecule has 2 heteroatoms. The largest absolute Gasteiger partial charge is 0.467 e. The summed E-state index contributed by atoms with van der Waals surface area (Å²) in [6, 6.07) is 6.43. The molecule has 0 fully saturated rings. The number of methoxy groups -OCH3 is 1. The van der Waals surface area contributed by atoms with Crippen molar-refractivity contribution in [3.8, 4) is 5.75 Å². The summed E-state index contributed by atoms with van der Waals surface area (Å²) in [7, 11) is 1.64. The molecule has 0 saturated heterocycles. The lowest BCUT2D eigenvalue weighted by Gasteiger charge is -2.22. The van der Waals surface area contributed by atoms with E-state index >= 15 is 0 Å². The van der Waals surface area contributed by atoms with Crippen molar-refractivity contribution in [2.75, 3.05) is 13.9 Å². The third-order valence-electron chi connectivity index (χ3n) is 2.83. The predicted octanol–water partition coefficient (Wildman–Crippen LogP) is 4.09. The van der Waals surface area contributed by atoms with Crippen molar-refractivity contribution in [2.24, 2.45) is 0 Å². The Labute approximate surface area is 105 Å². The van der Waals surface area contributed by atoms with Gasteiger partial charge in [0.2, 0.25) is 0 Å². The average molecular weight is 236 g/mol. The second kappa shape index (κ2) is 5.54. The molecule has 17 heavy (non-hydrogen) atoms. The summed E-state index contributed by atoms with van der Waals surface area (Å²) < 4.78 is 10.5. The maximum atomic E-state index is 5.59. The molecule has 0 bridgehead atoms. The Morgan fingerprint density at radius 3 is 2.29 bits per heavy atom. The Balaban J connectivity index is 3.08. The molecule has 0 spiro atoms. The summed E-state index contributed by atoms with van der Waals surface area (Å²) in [5.41, 5.74) is 2.75. The molecule has 1 aromatic rings. The molecule has 1 aromatic carbocycles. The summed E-state index contributed by atoms with van der Waals surface area (Å²) in [6.45, 7) is 11.3. The van der Waals surface area contributed by atoms with E-state index in [1.807, 2.05) is 0 Å². The van der Waals surface area contributed by atoms with Crippen LogP contribution in [0.15, 0.2) is 18.2 Å². The molecule has 0 radical (unpaired) electrons. The first-order chi connectivity index (χ1) is 7.86. The lowest BCUT2D eigenvalue weighted by molar-refractivity contribution is 0.0502. The second-order valence-corrected chi connectivity index (χ2v) is 5.71. The fourth-order valence-corrected chi connectivity index (χ4v) is 1.72. The van der Waals surface area contributed by atoms with Gasteiger partial charge in [0.05, 0.1) is 0 Å². The molecule has 0 aliphatic heterocycles. The van der Waals surface area contributed by atoms with E-state index in [9.17, 15) is 0 Å². The fraction of sp³-hybridized carbons (Fsp3) is 0.600. The topological polar surface area (TPSA) is 18.5 Å². The highest BCUT2D eigenvalue weighted by Gasteiger charge is 2.17. The number of hydrogen-bond acceptors (Lipinski definition) is 2. The number of benzene rings is 1. The van der Waals surface area contributed by atoms with Crippen LogP contribution in [0.1, 0.15) is 51.7 Å². The fourth-order valence-electron chi connectivity index (χ4n) is 1.72. The van der Waals surface area contributed by atoms with E-state index in [4.69, 9.17) is 9.47 Å². The Hall–Kier alpha value is -1.02. The van der Waals surface area contributed by atoms with Crippen LogP contribution in [0.25, 0.3) is 0 Å². The van der Waals surface area contributed by atoms with E-state index in [1.165, 1.54) is 11.1 Å². The molecule has 1 rings (SSSR count). The van der Waals surface area contributed by atoms with E-state index in [2.05, 4.69) is 52.8 Å². The van der Waals surface area contributed by atoms with Gasteiger partial charge < -0.3 is 9.47 Å². The van der Waals surface area contributed by atoms with Crippen LogP contribution in [0.4, 0.5) is 0 Å². The minimum absolute atomic E-state index is 0.170. The predicted molar refractivity (Wildman–Crippen MR) is 71.7 cm³/mol. The molecular weight excluding hydrogens is 212 g/mol. The highest BCUT2D eigenvalue weighted by molar-refractivity contribution is 5.41. The smallest absolute Gasteiger partial charge is 0.188 e. The van der Waals surface area contributed by atoms with E-state index < -0.39 is 0 Å². The van der Waals surface area contributed by atoms with Crippen molar-refractivity contribution in [3.63, 3.8) is 0 Å². The Morgan fingerprint density at radius 2 is 1.82 bits per heavy atom. The summed E-state index contributed by atoms with van der Waals surface area (Å²) in [4.78, 5) is 0. The van der Waals surface area contributed by atoms with Gasteiger partial charge in [0.15, 0.2) is 6.79 Å². The molecule has 0 aliphatic rings. The minimum Gasteiger partial charge on any atom is -0.467 e. The van der Waals surface area contributed by atoms with Gasteiger partial charge in [-0.1, -0.05) is 46.8 Å². The molecule has 0 aliphatic carbocycles. The average Bonchev–Trinajstić information content (AvgIpc) is 2.24. The van der Waals surface area contributed by atoms with Crippen molar-refractivity contribution in [3.05, 3.63) is 29.3 Å². The number of rotatable bonds is 4. The van der Waals surface area contributed by atoms with Crippen LogP contribution in [0.2, 0.25) is 0 Å². The van der Waals surface area contributed by atoms with Gasteiger partial charge in [0.25, 0.3) is 0 Å². The van der Waals surface area contributed by atoms with Gasteiger partial charge in [-0.05, 0) is 28.5 Å². The van der Waals surface area contributed by atoms with Gasteiger partial charge in [-0.15, -0.1) is 0 Å². The van der Waals surface area contributed by atoms with Crippen LogP contribution >= 0.6 is 0 Å². The molecule has 0 unspecified atom stereocenters. The maximum absolute atomic E-state index is 5.59. The molecule has 0 amide bonds.